The molecule has 2 aromatic rings. The molecule has 0 unspecified atom stereocenters. The van der Waals surface area contributed by atoms with Gasteiger partial charge in [0.05, 0.1) is 10.5 Å². The Balaban J connectivity index is 2.43. The first kappa shape index (κ1) is 15.6. The highest BCUT2D eigenvalue weighted by atomic mass is 35.5. The number of halogens is 1. The lowest BCUT2D eigenvalue weighted by Gasteiger charge is -2.03. The van der Waals surface area contributed by atoms with E-state index in [1.54, 1.807) is 6.92 Å². The first-order valence-corrected chi connectivity index (χ1v) is 6.47. The zero-order valence-electron chi connectivity index (χ0n) is 11.5. The van der Waals surface area contributed by atoms with Gasteiger partial charge in [-0.1, -0.05) is 17.5 Å². The normalized spacial score (nSPS) is 10.0. The molecule has 6 nitrogen and oxygen atoms in total. The van der Waals surface area contributed by atoms with Crippen LogP contribution in [0.4, 0.5) is 5.69 Å². The summed E-state index contributed by atoms with van der Waals surface area (Å²) >= 11 is 6.00. The topological polar surface area (TPSA) is 82.6 Å². The van der Waals surface area contributed by atoms with Crippen LogP contribution in [-0.2, 0) is 4.74 Å². The lowest BCUT2D eigenvalue weighted by atomic mass is 10.1. The Bertz CT molecular complexity index is 788. The minimum absolute atomic E-state index is 0.101. The quantitative estimate of drug-likeness (QED) is 0.372. The first-order valence-electron chi connectivity index (χ1n) is 6.09. The van der Waals surface area contributed by atoms with Gasteiger partial charge in [0.25, 0.3) is 5.69 Å². The van der Waals surface area contributed by atoms with E-state index in [1.165, 1.54) is 24.3 Å². The number of hydrogen-bond acceptors (Lipinski definition) is 5. The van der Waals surface area contributed by atoms with Gasteiger partial charge in [0.1, 0.15) is 5.76 Å². The molecule has 0 bridgehead atoms. The molecular formula is C15H10ClNO5. The number of benzene rings is 1. The second-order valence-corrected chi connectivity index (χ2v) is 4.73. The summed E-state index contributed by atoms with van der Waals surface area (Å²) in [5.74, 6) is 1.45. The molecule has 0 saturated heterocycles. The lowest BCUT2D eigenvalue weighted by molar-refractivity contribution is -0.384. The third kappa shape index (κ3) is 3.10. The number of nitrogens with zero attached hydrogens (tertiary/aromatic N) is 1. The van der Waals surface area contributed by atoms with Crippen molar-refractivity contribution in [3.05, 3.63) is 50.7 Å². The number of nitro groups is 1. The first-order chi connectivity index (χ1) is 10.4. The molecule has 2 rings (SSSR count). The van der Waals surface area contributed by atoms with Gasteiger partial charge in [-0.3, -0.25) is 10.1 Å². The highest BCUT2D eigenvalue weighted by Crippen LogP contribution is 2.35. The van der Waals surface area contributed by atoms with Gasteiger partial charge in [-0.2, -0.15) is 0 Å². The van der Waals surface area contributed by atoms with Crippen LogP contribution >= 0.6 is 11.6 Å². The van der Waals surface area contributed by atoms with Gasteiger partial charge in [-0.15, -0.1) is 6.42 Å². The highest BCUT2D eigenvalue weighted by Gasteiger charge is 2.22. The van der Waals surface area contributed by atoms with Crippen LogP contribution in [0.5, 0.6) is 0 Å². The predicted octanol–water partition coefficient (Wildman–Crippen LogP) is 3.61. The molecule has 1 aromatic carbocycles. The van der Waals surface area contributed by atoms with E-state index in [1.807, 2.05) is 0 Å². The number of terminal acetylenes is 1. The summed E-state index contributed by atoms with van der Waals surface area (Å²) in [5.41, 5.74) is 0.578. The molecule has 0 amide bonds. The molecule has 0 aliphatic rings. The van der Waals surface area contributed by atoms with Crippen molar-refractivity contribution < 1.29 is 18.9 Å². The summed E-state index contributed by atoms with van der Waals surface area (Å²) in [6.45, 7) is 1.47. The van der Waals surface area contributed by atoms with Gasteiger partial charge < -0.3 is 9.15 Å². The number of esters is 1. The molecule has 7 heteroatoms. The van der Waals surface area contributed by atoms with E-state index >= 15 is 0 Å². The molecule has 1 heterocycles. The molecule has 112 valence electrons. The van der Waals surface area contributed by atoms with Crippen LogP contribution in [0, 0.1) is 29.4 Å². The number of hydrogen-bond donors (Lipinski definition) is 0. The van der Waals surface area contributed by atoms with Crippen molar-refractivity contribution in [1.82, 2.24) is 0 Å². The Labute approximate surface area is 130 Å². The van der Waals surface area contributed by atoms with Crippen LogP contribution in [-0.4, -0.2) is 17.5 Å². The monoisotopic (exact) mass is 319 g/mol. The fourth-order valence-electron chi connectivity index (χ4n) is 1.79. The number of furan rings is 1. The molecule has 0 aliphatic carbocycles. The number of nitro benzene ring substituents is 1. The molecular weight excluding hydrogens is 310 g/mol. The number of aryl methyl sites for hydroxylation is 1. The number of carbonyl (C=O) groups is 1. The van der Waals surface area contributed by atoms with E-state index < -0.39 is 10.9 Å². The minimum Gasteiger partial charge on any atom is -0.449 e. The number of ether oxygens (including phenoxy) is 1. The van der Waals surface area contributed by atoms with E-state index in [-0.39, 0.29) is 29.4 Å². The van der Waals surface area contributed by atoms with Crippen LogP contribution < -0.4 is 0 Å². The summed E-state index contributed by atoms with van der Waals surface area (Å²) < 4.78 is 10.0. The van der Waals surface area contributed by atoms with Gasteiger partial charge >= 0.3 is 5.97 Å². The van der Waals surface area contributed by atoms with Crippen molar-refractivity contribution >= 4 is 23.3 Å². The maximum absolute atomic E-state index is 11.6. The van der Waals surface area contributed by atoms with Gasteiger partial charge in [-0.25, -0.2) is 4.79 Å². The Morgan fingerprint density at radius 3 is 2.86 bits per heavy atom. The molecule has 0 N–H and O–H groups in total. The summed E-state index contributed by atoms with van der Waals surface area (Å²) in [7, 11) is 0. The van der Waals surface area contributed by atoms with E-state index in [0.29, 0.717) is 10.6 Å². The molecule has 0 atom stereocenters. The fraction of sp³-hybridized carbons (Fsp3) is 0.133. The van der Waals surface area contributed by atoms with Crippen LogP contribution in [0.1, 0.15) is 16.1 Å². The standard InChI is InChI=1S/C15H10ClNO5/c1-3-6-21-15(18)14-5-4-13(22-14)10-8-11(16)9(2)7-12(10)17(19)20/h1,4-5,7-8H,6H2,2H3. The Morgan fingerprint density at radius 1 is 1.50 bits per heavy atom. The van der Waals surface area contributed by atoms with Crippen LogP contribution in [0.3, 0.4) is 0 Å². The zero-order chi connectivity index (χ0) is 16.3. The molecule has 22 heavy (non-hydrogen) atoms. The highest BCUT2D eigenvalue weighted by molar-refractivity contribution is 6.31. The minimum atomic E-state index is -0.745. The van der Waals surface area contributed by atoms with Gasteiger partial charge in [0.2, 0.25) is 5.76 Å². The van der Waals surface area contributed by atoms with Crippen molar-refractivity contribution in [2.24, 2.45) is 0 Å². The summed E-state index contributed by atoms with van der Waals surface area (Å²) in [6, 6.07) is 5.55. The predicted molar refractivity (Wildman–Crippen MR) is 79.7 cm³/mol. The molecule has 0 radical (unpaired) electrons. The smallest absolute Gasteiger partial charge is 0.375 e. The molecule has 0 saturated carbocycles. The third-order valence-electron chi connectivity index (χ3n) is 2.83. The van der Waals surface area contributed by atoms with Gasteiger partial charge in [0, 0.05) is 11.1 Å². The van der Waals surface area contributed by atoms with E-state index in [9.17, 15) is 14.9 Å². The maximum atomic E-state index is 11.6. The van der Waals surface area contributed by atoms with Crippen LogP contribution in [0.25, 0.3) is 11.3 Å². The van der Waals surface area contributed by atoms with E-state index in [2.05, 4.69) is 5.92 Å². The molecule has 0 fully saturated rings. The third-order valence-corrected chi connectivity index (χ3v) is 3.24. The van der Waals surface area contributed by atoms with E-state index in [4.69, 9.17) is 27.2 Å². The van der Waals surface area contributed by atoms with Crippen molar-refractivity contribution in [3.63, 3.8) is 0 Å². The Kier molecular flexibility index (Phi) is 4.49. The van der Waals surface area contributed by atoms with Crippen LogP contribution in [0.2, 0.25) is 5.02 Å². The summed E-state index contributed by atoms with van der Waals surface area (Å²) in [6.07, 6.45) is 4.99. The van der Waals surface area contributed by atoms with Crippen molar-refractivity contribution in [2.75, 3.05) is 6.61 Å². The fourth-order valence-corrected chi connectivity index (χ4v) is 1.95. The summed E-state index contributed by atoms with van der Waals surface area (Å²) in [5, 5.41) is 11.5. The van der Waals surface area contributed by atoms with Gasteiger partial charge in [0.15, 0.2) is 6.61 Å². The van der Waals surface area contributed by atoms with Crippen molar-refractivity contribution in [1.29, 1.82) is 0 Å². The molecule has 0 aliphatic heterocycles. The largest absolute Gasteiger partial charge is 0.449 e. The zero-order valence-corrected chi connectivity index (χ0v) is 12.2. The van der Waals surface area contributed by atoms with Gasteiger partial charge in [-0.05, 0) is 30.7 Å². The summed E-state index contributed by atoms with van der Waals surface area (Å²) in [4.78, 5) is 22.2. The number of rotatable bonds is 4. The van der Waals surface area contributed by atoms with E-state index in [0.717, 1.165) is 0 Å². The van der Waals surface area contributed by atoms with Crippen molar-refractivity contribution in [2.45, 2.75) is 6.92 Å². The second kappa shape index (κ2) is 6.33. The van der Waals surface area contributed by atoms with Crippen molar-refractivity contribution in [3.8, 4) is 23.7 Å². The number of carbonyl (C=O) groups excluding carboxylic acids is 1. The average Bonchev–Trinajstić information content (AvgIpc) is 2.96. The Hall–Kier alpha value is -2.78. The SMILES string of the molecule is C#CCOC(=O)c1ccc(-c2cc(Cl)c(C)cc2[N+](=O)[O-])o1. The Morgan fingerprint density at radius 2 is 2.23 bits per heavy atom. The van der Waals surface area contributed by atoms with Crippen LogP contribution in [0.15, 0.2) is 28.7 Å². The lowest BCUT2D eigenvalue weighted by Crippen LogP contribution is -2.03. The molecule has 1 aromatic heterocycles. The maximum Gasteiger partial charge on any atom is 0.375 e. The second-order valence-electron chi connectivity index (χ2n) is 4.32. The average molecular weight is 320 g/mol. The molecule has 0 spiro atoms.